The van der Waals surface area contributed by atoms with Gasteiger partial charge in [0.15, 0.2) is 0 Å². The van der Waals surface area contributed by atoms with Crippen molar-refractivity contribution in [1.82, 2.24) is 10.2 Å². The van der Waals surface area contributed by atoms with Crippen molar-refractivity contribution in [3.63, 3.8) is 0 Å². The van der Waals surface area contributed by atoms with Crippen molar-refractivity contribution in [2.24, 2.45) is 0 Å². The molecule has 1 aliphatic heterocycles. The molecule has 0 aromatic heterocycles. The summed E-state index contributed by atoms with van der Waals surface area (Å²) in [5, 5.41) is 3.44. The van der Waals surface area contributed by atoms with Crippen LogP contribution in [-0.4, -0.2) is 36.6 Å². The Morgan fingerprint density at radius 2 is 2.24 bits per heavy atom. The van der Waals surface area contributed by atoms with E-state index in [2.05, 4.69) is 30.6 Å². The highest BCUT2D eigenvalue weighted by molar-refractivity contribution is 5.26. The second kappa shape index (κ2) is 6.72. The SMILES string of the molecule is C=C/C(F)=C\C(=C/C)CN1CC(C)NC[C@H]1C. The zero-order valence-corrected chi connectivity index (χ0v) is 11.0. The third-order valence-electron chi connectivity index (χ3n) is 3.17. The van der Waals surface area contributed by atoms with Crippen molar-refractivity contribution >= 4 is 0 Å². The van der Waals surface area contributed by atoms with Gasteiger partial charge in [0.2, 0.25) is 0 Å². The van der Waals surface area contributed by atoms with Crippen LogP contribution in [-0.2, 0) is 0 Å². The molecule has 1 N–H and O–H groups in total. The predicted octanol–water partition coefficient (Wildman–Crippen LogP) is 2.65. The number of rotatable bonds is 4. The number of piperazine rings is 1. The lowest BCUT2D eigenvalue weighted by Gasteiger charge is -2.37. The molecule has 1 rings (SSSR count). The molecule has 1 heterocycles. The Hall–Kier alpha value is -0.930. The fraction of sp³-hybridized carbons (Fsp3) is 0.571. The molecule has 0 aromatic carbocycles. The first kappa shape index (κ1) is 14.1. The number of halogens is 1. The first-order valence-corrected chi connectivity index (χ1v) is 6.19. The van der Waals surface area contributed by atoms with Crippen molar-refractivity contribution < 1.29 is 4.39 Å². The van der Waals surface area contributed by atoms with Crippen LogP contribution in [0.5, 0.6) is 0 Å². The van der Waals surface area contributed by atoms with Gasteiger partial charge in [-0.1, -0.05) is 12.7 Å². The topological polar surface area (TPSA) is 15.3 Å². The number of hydrogen-bond donors (Lipinski definition) is 1. The van der Waals surface area contributed by atoms with Crippen LogP contribution in [0.3, 0.4) is 0 Å². The zero-order valence-electron chi connectivity index (χ0n) is 11.0. The molecule has 17 heavy (non-hydrogen) atoms. The molecule has 1 unspecified atom stereocenters. The minimum absolute atomic E-state index is 0.270. The molecule has 0 aromatic rings. The van der Waals surface area contributed by atoms with Gasteiger partial charge in [0.25, 0.3) is 0 Å². The van der Waals surface area contributed by atoms with Crippen LogP contribution in [0.15, 0.2) is 36.2 Å². The number of allylic oxidation sites excluding steroid dienone is 3. The zero-order chi connectivity index (χ0) is 12.8. The Labute approximate surface area is 104 Å². The number of nitrogens with zero attached hydrogens (tertiary/aromatic N) is 1. The van der Waals surface area contributed by atoms with E-state index < -0.39 is 0 Å². The third-order valence-corrected chi connectivity index (χ3v) is 3.17. The average molecular weight is 238 g/mol. The Balaban J connectivity index is 2.64. The molecule has 0 aliphatic carbocycles. The van der Waals surface area contributed by atoms with Crippen LogP contribution >= 0.6 is 0 Å². The van der Waals surface area contributed by atoms with E-state index in [-0.39, 0.29) is 5.83 Å². The molecule has 1 fully saturated rings. The van der Waals surface area contributed by atoms with Crippen LogP contribution in [0.25, 0.3) is 0 Å². The van der Waals surface area contributed by atoms with Crippen molar-refractivity contribution in [2.45, 2.75) is 32.9 Å². The Kier molecular flexibility index (Phi) is 5.59. The summed E-state index contributed by atoms with van der Waals surface area (Å²) < 4.78 is 13.2. The first-order valence-electron chi connectivity index (χ1n) is 6.19. The molecule has 2 nitrogen and oxygen atoms in total. The summed E-state index contributed by atoms with van der Waals surface area (Å²) >= 11 is 0. The van der Waals surface area contributed by atoms with Crippen LogP contribution in [0.2, 0.25) is 0 Å². The van der Waals surface area contributed by atoms with Crippen LogP contribution in [0.4, 0.5) is 4.39 Å². The summed E-state index contributed by atoms with van der Waals surface area (Å²) in [5.74, 6) is -0.270. The van der Waals surface area contributed by atoms with E-state index in [0.717, 1.165) is 25.2 Å². The van der Waals surface area contributed by atoms with E-state index in [1.165, 1.54) is 6.08 Å². The Morgan fingerprint density at radius 1 is 1.53 bits per heavy atom. The number of nitrogens with one attached hydrogen (secondary N) is 1. The van der Waals surface area contributed by atoms with Crippen molar-refractivity contribution in [1.29, 1.82) is 0 Å². The summed E-state index contributed by atoms with van der Waals surface area (Å²) in [4.78, 5) is 2.38. The van der Waals surface area contributed by atoms with Gasteiger partial charge in [-0.25, -0.2) is 4.39 Å². The molecule has 0 saturated carbocycles. The minimum Gasteiger partial charge on any atom is -0.311 e. The van der Waals surface area contributed by atoms with Crippen molar-refractivity contribution in [2.75, 3.05) is 19.6 Å². The van der Waals surface area contributed by atoms with E-state index in [1.54, 1.807) is 6.08 Å². The second-order valence-corrected chi connectivity index (χ2v) is 4.68. The Bertz CT molecular complexity index is 320. The van der Waals surface area contributed by atoms with E-state index in [0.29, 0.717) is 12.1 Å². The molecular weight excluding hydrogens is 215 g/mol. The maximum atomic E-state index is 13.2. The van der Waals surface area contributed by atoms with Gasteiger partial charge in [-0.2, -0.15) is 0 Å². The molecule has 1 saturated heterocycles. The molecule has 3 heteroatoms. The highest BCUT2D eigenvalue weighted by Crippen LogP contribution is 2.12. The van der Waals surface area contributed by atoms with Crippen LogP contribution in [0, 0.1) is 0 Å². The van der Waals surface area contributed by atoms with E-state index >= 15 is 0 Å². The molecule has 0 spiro atoms. The van der Waals surface area contributed by atoms with E-state index in [9.17, 15) is 4.39 Å². The minimum atomic E-state index is -0.270. The van der Waals surface area contributed by atoms with Crippen molar-refractivity contribution in [3.05, 3.63) is 36.2 Å². The van der Waals surface area contributed by atoms with Gasteiger partial charge in [-0.3, -0.25) is 4.90 Å². The van der Waals surface area contributed by atoms with E-state index in [4.69, 9.17) is 0 Å². The highest BCUT2D eigenvalue weighted by Gasteiger charge is 2.22. The maximum Gasteiger partial charge on any atom is 0.122 e. The predicted molar refractivity (Wildman–Crippen MR) is 71.6 cm³/mol. The molecule has 1 aliphatic rings. The van der Waals surface area contributed by atoms with Gasteiger partial charge in [0.05, 0.1) is 0 Å². The fourth-order valence-corrected chi connectivity index (χ4v) is 2.01. The van der Waals surface area contributed by atoms with Crippen molar-refractivity contribution in [3.8, 4) is 0 Å². The summed E-state index contributed by atoms with van der Waals surface area (Å²) in [7, 11) is 0. The fourth-order valence-electron chi connectivity index (χ4n) is 2.01. The van der Waals surface area contributed by atoms with Gasteiger partial charge in [0.1, 0.15) is 5.83 Å². The van der Waals surface area contributed by atoms with Gasteiger partial charge in [-0.05, 0) is 38.5 Å². The first-order chi connectivity index (χ1) is 8.06. The summed E-state index contributed by atoms with van der Waals surface area (Å²) in [6, 6.07) is 0.985. The van der Waals surface area contributed by atoms with Crippen LogP contribution in [0.1, 0.15) is 20.8 Å². The summed E-state index contributed by atoms with van der Waals surface area (Å²) in [5.41, 5.74) is 1.00. The van der Waals surface area contributed by atoms with Gasteiger partial charge < -0.3 is 5.32 Å². The quantitative estimate of drug-likeness (QED) is 0.757. The maximum absolute atomic E-state index is 13.2. The normalized spacial score (nSPS) is 28.2. The number of hydrogen-bond acceptors (Lipinski definition) is 2. The third kappa shape index (κ3) is 4.44. The lowest BCUT2D eigenvalue weighted by atomic mass is 10.1. The standard InChI is InChI=1S/C14H23FN2/c1-5-13(7-14(15)6-2)10-17-9-11(3)16-8-12(17)4/h5-7,11-12,16H,2,8-10H2,1,3-4H3/b13-5+,14-7+/t11?,12-/m1/s1. The molecule has 0 radical (unpaired) electrons. The molecular formula is C14H23FN2. The summed E-state index contributed by atoms with van der Waals surface area (Å²) in [6.07, 6.45) is 4.77. The Morgan fingerprint density at radius 3 is 2.82 bits per heavy atom. The highest BCUT2D eigenvalue weighted by atomic mass is 19.1. The van der Waals surface area contributed by atoms with Gasteiger partial charge in [-0.15, -0.1) is 0 Å². The molecule has 0 amide bonds. The smallest absolute Gasteiger partial charge is 0.122 e. The van der Waals surface area contributed by atoms with Crippen LogP contribution < -0.4 is 5.32 Å². The lowest BCUT2D eigenvalue weighted by Crippen LogP contribution is -2.54. The molecule has 2 atom stereocenters. The van der Waals surface area contributed by atoms with E-state index in [1.807, 2.05) is 13.0 Å². The monoisotopic (exact) mass is 238 g/mol. The largest absolute Gasteiger partial charge is 0.311 e. The van der Waals surface area contributed by atoms with Gasteiger partial charge in [0, 0.05) is 31.7 Å². The van der Waals surface area contributed by atoms with Gasteiger partial charge >= 0.3 is 0 Å². The molecule has 0 bridgehead atoms. The lowest BCUT2D eigenvalue weighted by molar-refractivity contribution is 0.160. The average Bonchev–Trinajstić information content (AvgIpc) is 2.32. The second-order valence-electron chi connectivity index (χ2n) is 4.68. The summed E-state index contributed by atoms with van der Waals surface area (Å²) in [6.45, 7) is 12.5. The molecule has 96 valence electrons.